The third-order valence-corrected chi connectivity index (χ3v) is 6.83. The van der Waals surface area contributed by atoms with Crippen molar-refractivity contribution in [3.8, 4) is 5.75 Å². The standard InChI is InChI=1S/C18H23NO4/c1-18-9-8-14-13-5-3-12(23-19(21)22)10-11(13)2-4-15(14)16(18)6-7-17(18)20/h3,5,10,14-17,20H,2,4,6-9H2,1H3. The van der Waals surface area contributed by atoms with E-state index >= 15 is 0 Å². The van der Waals surface area contributed by atoms with Gasteiger partial charge in [0.2, 0.25) is 0 Å². The Kier molecular flexibility index (Phi) is 3.38. The van der Waals surface area contributed by atoms with Gasteiger partial charge in [-0.05, 0) is 85.0 Å². The third kappa shape index (κ3) is 2.24. The summed E-state index contributed by atoms with van der Waals surface area (Å²) in [5, 5.41) is 20.2. The molecule has 124 valence electrons. The molecule has 5 nitrogen and oxygen atoms in total. The van der Waals surface area contributed by atoms with E-state index < -0.39 is 5.09 Å². The molecule has 5 unspecified atom stereocenters. The van der Waals surface area contributed by atoms with E-state index in [1.54, 1.807) is 6.07 Å². The lowest BCUT2D eigenvalue weighted by atomic mass is 9.55. The molecule has 3 aliphatic rings. The van der Waals surface area contributed by atoms with Gasteiger partial charge in [0, 0.05) is 0 Å². The molecule has 0 heterocycles. The monoisotopic (exact) mass is 317 g/mol. The predicted octanol–water partition coefficient (Wildman–Crippen LogP) is 3.47. The van der Waals surface area contributed by atoms with Gasteiger partial charge < -0.3 is 5.11 Å². The Bertz CT molecular complexity index is 646. The summed E-state index contributed by atoms with van der Waals surface area (Å²) in [6.45, 7) is 2.27. The van der Waals surface area contributed by atoms with Crippen LogP contribution in [0.3, 0.4) is 0 Å². The first kappa shape index (κ1) is 14.9. The van der Waals surface area contributed by atoms with Crippen LogP contribution in [0, 0.1) is 27.4 Å². The number of benzene rings is 1. The van der Waals surface area contributed by atoms with Gasteiger partial charge in [0.05, 0.1) is 6.10 Å². The van der Waals surface area contributed by atoms with Gasteiger partial charge in [-0.15, -0.1) is 10.1 Å². The van der Waals surface area contributed by atoms with Crippen molar-refractivity contribution < 1.29 is 15.0 Å². The first-order chi connectivity index (χ1) is 11.0. The van der Waals surface area contributed by atoms with Crippen LogP contribution in [0.15, 0.2) is 18.2 Å². The van der Waals surface area contributed by atoms with Crippen LogP contribution in [0.1, 0.15) is 56.1 Å². The molecule has 0 bridgehead atoms. The summed E-state index contributed by atoms with van der Waals surface area (Å²) in [6, 6.07) is 5.59. The van der Waals surface area contributed by atoms with Crippen LogP contribution >= 0.6 is 0 Å². The zero-order valence-corrected chi connectivity index (χ0v) is 13.4. The summed E-state index contributed by atoms with van der Waals surface area (Å²) in [5.41, 5.74) is 2.64. The van der Waals surface area contributed by atoms with Gasteiger partial charge in [0.15, 0.2) is 0 Å². The minimum atomic E-state index is -0.751. The van der Waals surface area contributed by atoms with E-state index in [0.717, 1.165) is 38.5 Å². The van der Waals surface area contributed by atoms with Crippen LogP contribution in [-0.2, 0) is 6.42 Å². The third-order valence-electron chi connectivity index (χ3n) is 6.83. The van der Waals surface area contributed by atoms with Crippen molar-refractivity contribution in [1.82, 2.24) is 0 Å². The Morgan fingerprint density at radius 3 is 2.91 bits per heavy atom. The molecule has 2 fully saturated rings. The molecule has 2 saturated carbocycles. The van der Waals surface area contributed by atoms with Crippen LogP contribution in [-0.4, -0.2) is 16.3 Å². The van der Waals surface area contributed by atoms with E-state index in [1.165, 1.54) is 11.1 Å². The average molecular weight is 317 g/mol. The normalized spacial score (nSPS) is 38.3. The predicted molar refractivity (Wildman–Crippen MR) is 84.7 cm³/mol. The fourth-order valence-electron chi connectivity index (χ4n) is 5.67. The molecule has 5 heteroatoms. The van der Waals surface area contributed by atoms with Gasteiger partial charge in [0.1, 0.15) is 5.75 Å². The Labute approximate surface area is 135 Å². The molecular weight excluding hydrogens is 294 g/mol. The number of fused-ring (bicyclic) bond motifs is 5. The van der Waals surface area contributed by atoms with Gasteiger partial charge >= 0.3 is 0 Å². The number of aliphatic hydroxyl groups excluding tert-OH is 1. The molecule has 0 radical (unpaired) electrons. The molecular formula is C18H23NO4. The van der Waals surface area contributed by atoms with Crippen LogP contribution in [0.25, 0.3) is 0 Å². The number of hydrogen-bond acceptors (Lipinski definition) is 4. The molecule has 4 rings (SSSR count). The highest BCUT2D eigenvalue weighted by Crippen LogP contribution is 2.60. The van der Waals surface area contributed by atoms with Crippen molar-refractivity contribution in [1.29, 1.82) is 0 Å². The lowest BCUT2D eigenvalue weighted by Crippen LogP contribution is -2.43. The highest BCUT2D eigenvalue weighted by atomic mass is 17.0. The summed E-state index contributed by atoms with van der Waals surface area (Å²) in [5.74, 6) is 2.11. The second kappa shape index (κ2) is 5.20. The zero-order valence-electron chi connectivity index (χ0n) is 13.4. The van der Waals surface area contributed by atoms with E-state index in [-0.39, 0.29) is 11.5 Å². The minimum absolute atomic E-state index is 0.0906. The molecule has 5 atom stereocenters. The van der Waals surface area contributed by atoms with Crippen molar-refractivity contribution >= 4 is 0 Å². The summed E-state index contributed by atoms with van der Waals surface area (Å²) < 4.78 is 0. The molecule has 0 spiro atoms. The summed E-state index contributed by atoms with van der Waals surface area (Å²) >= 11 is 0. The van der Waals surface area contributed by atoms with Gasteiger partial charge in [-0.1, -0.05) is 13.0 Å². The second-order valence-electron chi connectivity index (χ2n) is 7.73. The van der Waals surface area contributed by atoms with Crippen LogP contribution in [0.5, 0.6) is 5.75 Å². The van der Waals surface area contributed by atoms with Gasteiger partial charge in [-0.2, -0.15) is 0 Å². The van der Waals surface area contributed by atoms with Crippen LogP contribution < -0.4 is 4.84 Å². The molecule has 1 aromatic rings. The quantitative estimate of drug-likeness (QED) is 0.669. The molecule has 0 aromatic heterocycles. The van der Waals surface area contributed by atoms with Crippen LogP contribution in [0.2, 0.25) is 0 Å². The molecule has 1 N–H and O–H groups in total. The number of rotatable bonds is 2. The fraction of sp³-hybridized carbons (Fsp3) is 0.667. The minimum Gasteiger partial charge on any atom is -0.393 e. The molecule has 0 aliphatic heterocycles. The lowest BCUT2D eigenvalue weighted by Gasteiger charge is -2.50. The van der Waals surface area contributed by atoms with Gasteiger partial charge in [-0.25, -0.2) is 0 Å². The van der Waals surface area contributed by atoms with Crippen molar-refractivity contribution in [3.63, 3.8) is 0 Å². The maximum atomic E-state index is 10.5. The Balaban J connectivity index is 1.63. The zero-order chi connectivity index (χ0) is 16.2. The van der Waals surface area contributed by atoms with Crippen molar-refractivity contribution in [2.45, 2.75) is 57.5 Å². The highest BCUT2D eigenvalue weighted by Gasteiger charge is 2.54. The van der Waals surface area contributed by atoms with E-state index in [1.807, 2.05) is 12.1 Å². The lowest BCUT2D eigenvalue weighted by molar-refractivity contribution is -0.711. The number of aliphatic hydroxyl groups is 1. The average Bonchev–Trinajstić information content (AvgIpc) is 2.82. The van der Waals surface area contributed by atoms with E-state index in [4.69, 9.17) is 0 Å². The number of hydrogen-bond donors (Lipinski definition) is 1. The van der Waals surface area contributed by atoms with Crippen molar-refractivity contribution in [3.05, 3.63) is 39.4 Å². The van der Waals surface area contributed by atoms with E-state index in [0.29, 0.717) is 23.5 Å². The number of nitrogens with zero attached hydrogens (tertiary/aromatic N) is 1. The fourth-order valence-corrected chi connectivity index (χ4v) is 5.67. The van der Waals surface area contributed by atoms with Gasteiger partial charge in [-0.3, -0.25) is 4.84 Å². The summed E-state index contributed by atoms with van der Waals surface area (Å²) in [4.78, 5) is 15.1. The highest BCUT2D eigenvalue weighted by molar-refractivity contribution is 5.40. The SMILES string of the molecule is CC12CCC3c4ccc(O[N+](=O)[O-])cc4CCC3C1CCC2O. The molecule has 3 aliphatic carbocycles. The maximum absolute atomic E-state index is 10.5. The Morgan fingerprint density at radius 2 is 2.13 bits per heavy atom. The topological polar surface area (TPSA) is 72.6 Å². The second-order valence-corrected chi connectivity index (χ2v) is 7.73. The summed E-state index contributed by atoms with van der Waals surface area (Å²) in [7, 11) is 0. The van der Waals surface area contributed by atoms with Gasteiger partial charge in [0.25, 0.3) is 5.09 Å². The van der Waals surface area contributed by atoms with E-state index in [2.05, 4.69) is 11.8 Å². The Hall–Kier alpha value is -1.62. The maximum Gasteiger partial charge on any atom is 0.299 e. The van der Waals surface area contributed by atoms with Crippen molar-refractivity contribution in [2.24, 2.45) is 17.3 Å². The molecule has 1 aromatic carbocycles. The van der Waals surface area contributed by atoms with Crippen LogP contribution in [0.4, 0.5) is 0 Å². The molecule has 0 amide bonds. The Morgan fingerprint density at radius 1 is 1.30 bits per heavy atom. The largest absolute Gasteiger partial charge is 0.393 e. The summed E-state index contributed by atoms with van der Waals surface area (Å²) in [6.07, 6.45) is 6.18. The van der Waals surface area contributed by atoms with E-state index in [9.17, 15) is 15.2 Å². The molecule has 0 saturated heterocycles. The first-order valence-electron chi connectivity index (χ1n) is 8.62. The van der Waals surface area contributed by atoms with Crippen molar-refractivity contribution in [2.75, 3.05) is 0 Å². The number of aryl methyl sites for hydroxylation is 1. The smallest absolute Gasteiger partial charge is 0.299 e. The molecule has 23 heavy (non-hydrogen) atoms. The first-order valence-corrected chi connectivity index (χ1v) is 8.62.